The summed E-state index contributed by atoms with van der Waals surface area (Å²) >= 11 is 0. The lowest BCUT2D eigenvalue weighted by Crippen LogP contribution is -2.10. The van der Waals surface area contributed by atoms with Gasteiger partial charge in [-0.15, -0.1) is 0 Å². The van der Waals surface area contributed by atoms with E-state index in [-0.39, 0.29) is 17.4 Å². The van der Waals surface area contributed by atoms with Crippen LogP contribution in [0.15, 0.2) is 30.6 Å². The van der Waals surface area contributed by atoms with Gasteiger partial charge >= 0.3 is 0 Å². The molecule has 5 heteroatoms. The van der Waals surface area contributed by atoms with E-state index < -0.39 is 5.91 Å². The maximum Gasteiger partial charge on any atom is 0.252 e. The van der Waals surface area contributed by atoms with Crippen molar-refractivity contribution in [1.82, 2.24) is 9.78 Å². The van der Waals surface area contributed by atoms with Crippen LogP contribution in [0, 0.1) is 0 Å². The van der Waals surface area contributed by atoms with Gasteiger partial charge in [0.15, 0.2) is 0 Å². The quantitative estimate of drug-likeness (QED) is 0.867. The molecule has 0 radical (unpaired) electrons. The zero-order valence-electron chi connectivity index (χ0n) is 10.3. The van der Waals surface area contributed by atoms with Crippen LogP contribution in [0.5, 0.6) is 5.75 Å². The van der Waals surface area contributed by atoms with E-state index in [4.69, 9.17) is 5.73 Å². The number of aromatic nitrogens is 2. The third-order valence-electron chi connectivity index (χ3n) is 2.73. The summed E-state index contributed by atoms with van der Waals surface area (Å²) in [4.78, 5) is 11.0. The van der Waals surface area contributed by atoms with Crippen LogP contribution in [-0.2, 0) is 0 Å². The number of phenols is 1. The molecule has 0 atom stereocenters. The van der Waals surface area contributed by atoms with Crippen molar-refractivity contribution in [1.29, 1.82) is 0 Å². The van der Waals surface area contributed by atoms with Crippen molar-refractivity contribution in [3.05, 3.63) is 36.2 Å². The topological polar surface area (TPSA) is 81.1 Å². The molecule has 1 amide bonds. The van der Waals surface area contributed by atoms with Gasteiger partial charge < -0.3 is 10.8 Å². The number of amides is 1. The fourth-order valence-electron chi connectivity index (χ4n) is 1.69. The van der Waals surface area contributed by atoms with Crippen molar-refractivity contribution in [2.45, 2.75) is 19.9 Å². The number of primary amides is 1. The average Bonchev–Trinajstić information content (AvgIpc) is 2.77. The second kappa shape index (κ2) is 4.52. The van der Waals surface area contributed by atoms with Crippen LogP contribution in [0.25, 0.3) is 11.1 Å². The van der Waals surface area contributed by atoms with E-state index in [0.717, 1.165) is 11.1 Å². The number of carbonyl (C=O) groups is 1. The van der Waals surface area contributed by atoms with E-state index >= 15 is 0 Å². The van der Waals surface area contributed by atoms with Gasteiger partial charge in [-0.25, -0.2) is 0 Å². The Hall–Kier alpha value is -2.30. The lowest BCUT2D eigenvalue weighted by Gasteiger charge is -2.04. The van der Waals surface area contributed by atoms with E-state index in [1.54, 1.807) is 12.3 Å². The van der Waals surface area contributed by atoms with Crippen molar-refractivity contribution in [2.24, 2.45) is 5.73 Å². The second-order valence-corrected chi connectivity index (χ2v) is 4.40. The van der Waals surface area contributed by atoms with Crippen molar-refractivity contribution in [3.63, 3.8) is 0 Å². The standard InChI is InChI=1S/C13H15N3O2/c1-8(2)16-7-10(6-15-16)9-3-4-11(13(14)18)12(17)5-9/h3-8,17H,1-2H3,(H2,14,18). The zero-order valence-corrected chi connectivity index (χ0v) is 10.3. The molecule has 1 aromatic heterocycles. The van der Waals surface area contributed by atoms with Crippen LogP contribution < -0.4 is 5.73 Å². The highest BCUT2D eigenvalue weighted by Gasteiger charge is 2.10. The van der Waals surface area contributed by atoms with Crippen molar-refractivity contribution in [2.75, 3.05) is 0 Å². The first-order chi connectivity index (χ1) is 8.49. The number of nitrogens with two attached hydrogens (primary N) is 1. The molecule has 0 aliphatic rings. The Labute approximate surface area is 105 Å². The van der Waals surface area contributed by atoms with Crippen LogP contribution in [0.3, 0.4) is 0 Å². The highest BCUT2D eigenvalue weighted by molar-refractivity contribution is 5.96. The van der Waals surface area contributed by atoms with Crippen molar-refractivity contribution in [3.8, 4) is 16.9 Å². The summed E-state index contributed by atoms with van der Waals surface area (Å²) in [7, 11) is 0. The second-order valence-electron chi connectivity index (χ2n) is 4.40. The molecule has 5 nitrogen and oxygen atoms in total. The smallest absolute Gasteiger partial charge is 0.252 e. The van der Waals surface area contributed by atoms with Crippen molar-refractivity contribution >= 4 is 5.91 Å². The predicted octanol–water partition coefficient (Wildman–Crippen LogP) is 1.94. The van der Waals surface area contributed by atoms with Gasteiger partial charge in [0.2, 0.25) is 0 Å². The van der Waals surface area contributed by atoms with Crippen LogP contribution in [0.1, 0.15) is 30.2 Å². The predicted molar refractivity (Wildman–Crippen MR) is 68.2 cm³/mol. The van der Waals surface area contributed by atoms with E-state index in [0.29, 0.717) is 0 Å². The summed E-state index contributed by atoms with van der Waals surface area (Å²) in [6, 6.07) is 5.04. The zero-order chi connectivity index (χ0) is 13.3. The van der Waals surface area contributed by atoms with Gasteiger partial charge in [-0.1, -0.05) is 6.07 Å². The largest absolute Gasteiger partial charge is 0.507 e. The van der Waals surface area contributed by atoms with Gasteiger partial charge in [-0.2, -0.15) is 5.10 Å². The minimum Gasteiger partial charge on any atom is -0.507 e. The molecule has 3 N–H and O–H groups in total. The maximum atomic E-state index is 11.0. The van der Waals surface area contributed by atoms with Crippen LogP contribution in [0.2, 0.25) is 0 Å². The number of carbonyl (C=O) groups excluding carboxylic acids is 1. The molecule has 1 heterocycles. The lowest BCUT2D eigenvalue weighted by atomic mass is 10.1. The van der Waals surface area contributed by atoms with Crippen LogP contribution in [-0.4, -0.2) is 20.8 Å². The van der Waals surface area contributed by atoms with E-state index in [9.17, 15) is 9.90 Å². The molecule has 1 aromatic carbocycles. The molecule has 0 spiro atoms. The normalized spacial score (nSPS) is 10.8. The number of nitrogens with zero attached hydrogens (tertiary/aromatic N) is 2. The molecule has 18 heavy (non-hydrogen) atoms. The molecule has 0 unspecified atom stereocenters. The summed E-state index contributed by atoms with van der Waals surface area (Å²) in [5, 5.41) is 13.9. The molecule has 0 bridgehead atoms. The van der Waals surface area contributed by atoms with Crippen LogP contribution in [0.4, 0.5) is 0 Å². The minimum atomic E-state index is -0.642. The van der Waals surface area contributed by atoms with Gasteiger partial charge in [0.05, 0.1) is 11.8 Å². The number of hydrogen-bond donors (Lipinski definition) is 2. The number of hydrogen-bond acceptors (Lipinski definition) is 3. The van der Waals surface area contributed by atoms with Gasteiger partial charge in [0, 0.05) is 17.8 Å². The number of benzene rings is 1. The maximum absolute atomic E-state index is 11.0. The summed E-state index contributed by atoms with van der Waals surface area (Å²) in [5.41, 5.74) is 6.93. The third kappa shape index (κ3) is 2.20. The number of aromatic hydroxyl groups is 1. The Balaban J connectivity index is 2.39. The Morgan fingerprint density at radius 2 is 2.11 bits per heavy atom. The fourth-order valence-corrected chi connectivity index (χ4v) is 1.69. The molecule has 0 saturated carbocycles. The molecular formula is C13H15N3O2. The highest BCUT2D eigenvalue weighted by Crippen LogP contribution is 2.26. The number of rotatable bonds is 3. The van der Waals surface area contributed by atoms with E-state index in [1.807, 2.05) is 24.7 Å². The van der Waals surface area contributed by atoms with Gasteiger partial charge in [0.1, 0.15) is 5.75 Å². The molecule has 0 aliphatic carbocycles. The Morgan fingerprint density at radius 1 is 1.39 bits per heavy atom. The van der Waals surface area contributed by atoms with Gasteiger partial charge in [0.25, 0.3) is 5.91 Å². The molecular weight excluding hydrogens is 230 g/mol. The Morgan fingerprint density at radius 3 is 2.61 bits per heavy atom. The first kappa shape index (κ1) is 12.2. The Bertz CT molecular complexity index is 588. The summed E-state index contributed by atoms with van der Waals surface area (Å²) < 4.78 is 1.83. The molecule has 2 aromatic rings. The van der Waals surface area contributed by atoms with Crippen LogP contribution >= 0.6 is 0 Å². The Kier molecular flexibility index (Phi) is 3.06. The minimum absolute atomic E-state index is 0.114. The molecule has 0 saturated heterocycles. The highest BCUT2D eigenvalue weighted by atomic mass is 16.3. The molecule has 0 aliphatic heterocycles. The summed E-state index contributed by atoms with van der Waals surface area (Å²) in [5.74, 6) is -0.755. The van der Waals surface area contributed by atoms with Crippen molar-refractivity contribution < 1.29 is 9.90 Å². The summed E-state index contributed by atoms with van der Waals surface area (Å²) in [6.07, 6.45) is 3.61. The first-order valence-corrected chi connectivity index (χ1v) is 5.66. The van der Waals surface area contributed by atoms with Gasteiger partial charge in [-0.3, -0.25) is 9.48 Å². The van der Waals surface area contributed by atoms with E-state index in [1.165, 1.54) is 12.1 Å². The van der Waals surface area contributed by atoms with Gasteiger partial charge in [-0.05, 0) is 31.5 Å². The van der Waals surface area contributed by atoms with E-state index in [2.05, 4.69) is 5.10 Å². The lowest BCUT2D eigenvalue weighted by molar-refractivity contribution is 0.0998. The summed E-state index contributed by atoms with van der Waals surface area (Å²) in [6.45, 7) is 4.06. The molecule has 0 fully saturated rings. The fraction of sp³-hybridized carbons (Fsp3) is 0.231. The first-order valence-electron chi connectivity index (χ1n) is 5.66. The monoisotopic (exact) mass is 245 g/mol. The molecule has 94 valence electrons. The third-order valence-corrected chi connectivity index (χ3v) is 2.73. The average molecular weight is 245 g/mol. The SMILES string of the molecule is CC(C)n1cc(-c2ccc(C(N)=O)c(O)c2)cn1. The molecule has 2 rings (SSSR count).